The van der Waals surface area contributed by atoms with Crippen LogP contribution < -0.4 is 10.5 Å². The van der Waals surface area contributed by atoms with Crippen LogP contribution in [-0.4, -0.2) is 0 Å². The lowest BCUT2D eigenvalue weighted by molar-refractivity contribution is 0.481. The van der Waals surface area contributed by atoms with Gasteiger partial charge in [-0.2, -0.15) is 5.26 Å². The molecule has 0 bridgehead atoms. The predicted octanol–water partition coefficient (Wildman–Crippen LogP) is 3.63. The second-order valence-electron chi connectivity index (χ2n) is 4.08. The molecule has 0 heterocycles. The average molecular weight is 256 g/mol. The summed E-state index contributed by atoms with van der Waals surface area (Å²) in [5.74, 6) is 0.276. The van der Waals surface area contributed by atoms with Crippen molar-refractivity contribution in [3.05, 3.63) is 53.3 Å². The first-order valence-electron chi connectivity index (χ1n) is 5.90. The van der Waals surface area contributed by atoms with E-state index in [9.17, 15) is 4.39 Å². The van der Waals surface area contributed by atoms with E-state index in [-0.39, 0.29) is 5.56 Å². The topological polar surface area (TPSA) is 59.0 Å². The molecule has 2 aromatic rings. The normalized spacial score (nSPS) is 9.95. The van der Waals surface area contributed by atoms with E-state index in [1.54, 1.807) is 6.07 Å². The van der Waals surface area contributed by atoms with Gasteiger partial charge in [0.2, 0.25) is 0 Å². The molecule has 2 N–H and O–H groups in total. The van der Waals surface area contributed by atoms with Crippen LogP contribution in [-0.2, 0) is 6.42 Å². The molecule has 2 rings (SSSR count). The van der Waals surface area contributed by atoms with E-state index in [2.05, 4.69) is 0 Å². The summed E-state index contributed by atoms with van der Waals surface area (Å²) >= 11 is 0. The molecule has 3 nitrogen and oxygen atoms in total. The summed E-state index contributed by atoms with van der Waals surface area (Å²) in [5.41, 5.74) is 7.62. The molecule has 19 heavy (non-hydrogen) atoms. The maximum atomic E-state index is 13.0. The zero-order valence-electron chi connectivity index (χ0n) is 10.5. The third-order valence-electron chi connectivity index (χ3n) is 2.76. The molecule has 0 fully saturated rings. The van der Waals surface area contributed by atoms with Crippen molar-refractivity contribution in [2.75, 3.05) is 5.73 Å². The summed E-state index contributed by atoms with van der Waals surface area (Å²) in [6.45, 7) is 2.03. The second kappa shape index (κ2) is 5.40. The minimum atomic E-state index is -0.474. The van der Waals surface area contributed by atoms with Gasteiger partial charge >= 0.3 is 0 Å². The molecule has 2 aromatic carbocycles. The minimum absolute atomic E-state index is 0.138. The molecule has 96 valence electrons. The zero-order chi connectivity index (χ0) is 13.8. The molecule has 0 aliphatic rings. The summed E-state index contributed by atoms with van der Waals surface area (Å²) in [5, 5.41) is 8.94. The Morgan fingerprint density at radius 1 is 1.21 bits per heavy atom. The monoisotopic (exact) mass is 256 g/mol. The molecule has 4 heteroatoms. The van der Waals surface area contributed by atoms with E-state index >= 15 is 0 Å². The SMILES string of the molecule is CCc1ccc(Oc2ccc(F)cc2C#N)c(N)c1. The Morgan fingerprint density at radius 2 is 1.95 bits per heavy atom. The van der Waals surface area contributed by atoms with Crippen LogP contribution in [0.2, 0.25) is 0 Å². The summed E-state index contributed by atoms with van der Waals surface area (Å²) in [7, 11) is 0. The van der Waals surface area contributed by atoms with Crippen LogP contribution in [0.15, 0.2) is 36.4 Å². The van der Waals surface area contributed by atoms with Crippen LogP contribution in [0.3, 0.4) is 0 Å². The van der Waals surface area contributed by atoms with Gasteiger partial charge in [0.1, 0.15) is 23.4 Å². The van der Waals surface area contributed by atoms with Crippen LogP contribution >= 0.6 is 0 Å². The first-order valence-corrected chi connectivity index (χ1v) is 5.90. The fourth-order valence-electron chi connectivity index (χ4n) is 1.71. The Hall–Kier alpha value is -2.54. The molecule has 0 unspecified atom stereocenters. The fraction of sp³-hybridized carbons (Fsp3) is 0.133. The van der Waals surface area contributed by atoms with Crippen molar-refractivity contribution in [3.63, 3.8) is 0 Å². The molecule has 0 saturated heterocycles. The summed E-state index contributed by atoms with van der Waals surface area (Å²) in [6.07, 6.45) is 0.879. The van der Waals surface area contributed by atoms with Gasteiger partial charge in [-0.05, 0) is 42.3 Å². The highest BCUT2D eigenvalue weighted by Crippen LogP contribution is 2.30. The number of nitrogens with zero attached hydrogens (tertiary/aromatic N) is 1. The van der Waals surface area contributed by atoms with E-state index in [0.717, 1.165) is 18.1 Å². The van der Waals surface area contributed by atoms with Gasteiger partial charge in [0.25, 0.3) is 0 Å². The van der Waals surface area contributed by atoms with Crippen LogP contribution in [0.5, 0.6) is 11.5 Å². The highest BCUT2D eigenvalue weighted by Gasteiger charge is 2.08. The fourth-order valence-corrected chi connectivity index (χ4v) is 1.71. The van der Waals surface area contributed by atoms with Gasteiger partial charge in [0, 0.05) is 0 Å². The Morgan fingerprint density at radius 3 is 2.58 bits per heavy atom. The number of aryl methyl sites for hydroxylation is 1. The zero-order valence-corrected chi connectivity index (χ0v) is 10.5. The second-order valence-corrected chi connectivity index (χ2v) is 4.08. The molecule has 0 aliphatic carbocycles. The van der Waals surface area contributed by atoms with Gasteiger partial charge < -0.3 is 10.5 Å². The number of ether oxygens (including phenoxy) is 1. The van der Waals surface area contributed by atoms with Crippen LogP contribution in [0.1, 0.15) is 18.1 Å². The number of halogens is 1. The number of hydrogen-bond acceptors (Lipinski definition) is 3. The molecule has 0 spiro atoms. The molecule has 0 radical (unpaired) electrons. The smallest absolute Gasteiger partial charge is 0.150 e. The molecular weight excluding hydrogens is 243 g/mol. The largest absolute Gasteiger partial charge is 0.454 e. The van der Waals surface area contributed by atoms with Crippen molar-refractivity contribution in [1.82, 2.24) is 0 Å². The minimum Gasteiger partial charge on any atom is -0.454 e. The summed E-state index contributed by atoms with van der Waals surface area (Å²) < 4.78 is 18.6. The lowest BCUT2D eigenvalue weighted by atomic mass is 10.1. The molecule has 0 aromatic heterocycles. The number of benzene rings is 2. The Balaban J connectivity index is 2.34. The summed E-state index contributed by atoms with van der Waals surface area (Å²) in [6, 6.07) is 11.2. The van der Waals surface area contributed by atoms with E-state index in [0.29, 0.717) is 17.2 Å². The quantitative estimate of drug-likeness (QED) is 0.853. The highest BCUT2D eigenvalue weighted by molar-refractivity contribution is 5.57. The Labute approximate surface area is 111 Å². The molecule has 0 aliphatic heterocycles. The van der Waals surface area contributed by atoms with Crippen LogP contribution in [0, 0.1) is 17.1 Å². The van der Waals surface area contributed by atoms with Crippen molar-refractivity contribution in [1.29, 1.82) is 5.26 Å². The molecular formula is C15H13FN2O. The highest BCUT2D eigenvalue weighted by atomic mass is 19.1. The van der Waals surface area contributed by atoms with Crippen molar-refractivity contribution < 1.29 is 9.13 Å². The van der Waals surface area contributed by atoms with E-state index in [1.807, 2.05) is 25.1 Å². The Bertz CT molecular complexity index is 647. The third-order valence-corrected chi connectivity index (χ3v) is 2.76. The molecule has 0 saturated carbocycles. The number of nitrogens with two attached hydrogens (primary N) is 1. The van der Waals surface area contributed by atoms with Gasteiger partial charge in [-0.25, -0.2) is 4.39 Å². The lowest BCUT2D eigenvalue weighted by Gasteiger charge is -2.10. The maximum absolute atomic E-state index is 13.0. The van der Waals surface area contributed by atoms with Crippen molar-refractivity contribution in [2.45, 2.75) is 13.3 Å². The predicted molar refractivity (Wildman–Crippen MR) is 71.4 cm³/mol. The van der Waals surface area contributed by atoms with Gasteiger partial charge in [0.05, 0.1) is 11.3 Å². The number of nitrogen functional groups attached to an aromatic ring is 1. The average Bonchev–Trinajstić information content (AvgIpc) is 2.42. The van der Waals surface area contributed by atoms with Crippen LogP contribution in [0.4, 0.5) is 10.1 Å². The Kier molecular flexibility index (Phi) is 3.67. The maximum Gasteiger partial charge on any atom is 0.150 e. The standard InChI is InChI=1S/C15H13FN2O/c1-2-10-3-5-15(13(18)7-10)19-14-6-4-12(16)8-11(14)9-17/h3-8H,2,18H2,1H3. The molecule has 0 amide bonds. The first-order chi connectivity index (χ1) is 9.13. The van der Waals surface area contributed by atoms with E-state index < -0.39 is 5.82 Å². The van der Waals surface area contributed by atoms with E-state index in [1.165, 1.54) is 12.1 Å². The number of nitriles is 1. The number of rotatable bonds is 3. The van der Waals surface area contributed by atoms with Crippen molar-refractivity contribution in [3.8, 4) is 17.6 Å². The lowest BCUT2D eigenvalue weighted by Crippen LogP contribution is -1.95. The number of anilines is 1. The first kappa shape index (κ1) is 12.9. The van der Waals surface area contributed by atoms with Gasteiger partial charge in [0.15, 0.2) is 0 Å². The summed E-state index contributed by atoms with van der Waals surface area (Å²) in [4.78, 5) is 0. The van der Waals surface area contributed by atoms with Gasteiger partial charge in [-0.1, -0.05) is 13.0 Å². The van der Waals surface area contributed by atoms with Gasteiger partial charge in [-0.15, -0.1) is 0 Å². The third kappa shape index (κ3) is 2.83. The van der Waals surface area contributed by atoms with Crippen LogP contribution in [0.25, 0.3) is 0 Å². The van der Waals surface area contributed by atoms with Crippen molar-refractivity contribution >= 4 is 5.69 Å². The van der Waals surface area contributed by atoms with Crippen molar-refractivity contribution in [2.24, 2.45) is 0 Å². The van der Waals surface area contributed by atoms with Gasteiger partial charge in [-0.3, -0.25) is 0 Å². The molecule has 0 atom stereocenters. The van der Waals surface area contributed by atoms with E-state index in [4.69, 9.17) is 15.7 Å². The number of hydrogen-bond donors (Lipinski definition) is 1.